The summed E-state index contributed by atoms with van der Waals surface area (Å²) >= 11 is 6.90. The van der Waals surface area contributed by atoms with Crippen LogP contribution >= 0.6 is 23.6 Å². The van der Waals surface area contributed by atoms with Gasteiger partial charge in [-0.15, -0.1) is 11.3 Å². The zero-order valence-corrected chi connectivity index (χ0v) is 13.3. The number of nitrogens with zero attached hydrogens (tertiary/aromatic N) is 1. The number of ether oxygens (including phenoxy) is 1. The van der Waals surface area contributed by atoms with Crippen molar-refractivity contribution in [1.29, 1.82) is 0 Å². The van der Waals surface area contributed by atoms with Crippen molar-refractivity contribution < 1.29 is 4.74 Å². The minimum Gasteiger partial charge on any atom is -0.497 e. The molecular weight excluding hydrogens is 288 g/mol. The summed E-state index contributed by atoms with van der Waals surface area (Å²) in [7, 11) is 3.70. The Hall–Kier alpha value is -1.59. The molecule has 0 saturated carbocycles. The van der Waals surface area contributed by atoms with Crippen molar-refractivity contribution in [1.82, 2.24) is 0 Å². The summed E-state index contributed by atoms with van der Waals surface area (Å²) in [5.74, 6) is 0.808. The molecule has 20 heavy (non-hydrogen) atoms. The van der Waals surface area contributed by atoms with E-state index in [0.717, 1.165) is 30.0 Å². The largest absolute Gasteiger partial charge is 0.497 e. The van der Waals surface area contributed by atoms with E-state index in [1.807, 2.05) is 25.2 Å². The third kappa shape index (κ3) is 3.49. The number of hydrogen-bond acceptors (Lipinski definition) is 4. The van der Waals surface area contributed by atoms with E-state index in [2.05, 4.69) is 22.4 Å². The molecule has 0 bridgehead atoms. The van der Waals surface area contributed by atoms with Crippen LogP contribution in [0.15, 0.2) is 35.7 Å². The summed E-state index contributed by atoms with van der Waals surface area (Å²) in [6.45, 7) is 0.906. The van der Waals surface area contributed by atoms with E-state index in [1.165, 1.54) is 4.88 Å². The Morgan fingerprint density at radius 2 is 2.20 bits per heavy atom. The second-order valence-corrected chi connectivity index (χ2v) is 5.97. The van der Waals surface area contributed by atoms with Gasteiger partial charge in [-0.05, 0) is 30.0 Å². The van der Waals surface area contributed by atoms with Crippen LogP contribution in [-0.4, -0.2) is 25.7 Å². The fraction of sp³-hybridized carbons (Fsp3) is 0.267. The quantitative estimate of drug-likeness (QED) is 0.833. The van der Waals surface area contributed by atoms with Crippen LogP contribution in [-0.2, 0) is 6.42 Å². The topological polar surface area (TPSA) is 38.5 Å². The minimum absolute atomic E-state index is 0.408. The van der Waals surface area contributed by atoms with Crippen molar-refractivity contribution >= 4 is 34.2 Å². The molecule has 5 heteroatoms. The van der Waals surface area contributed by atoms with E-state index in [9.17, 15) is 0 Å². The molecule has 3 nitrogen and oxygen atoms in total. The highest BCUT2D eigenvalue weighted by Gasteiger charge is 2.11. The van der Waals surface area contributed by atoms with Crippen molar-refractivity contribution in [3.63, 3.8) is 0 Å². The van der Waals surface area contributed by atoms with Crippen molar-refractivity contribution in [2.75, 3.05) is 25.6 Å². The number of nitrogens with two attached hydrogens (primary N) is 1. The molecule has 106 valence electrons. The second-order valence-electron chi connectivity index (χ2n) is 4.50. The molecular formula is C15H18N2OS2. The summed E-state index contributed by atoms with van der Waals surface area (Å²) in [6.07, 6.45) is 1.00. The fourth-order valence-electron chi connectivity index (χ4n) is 2.02. The Balaban J connectivity index is 2.18. The third-order valence-electron chi connectivity index (χ3n) is 3.16. The van der Waals surface area contributed by atoms with E-state index in [1.54, 1.807) is 18.4 Å². The van der Waals surface area contributed by atoms with E-state index >= 15 is 0 Å². The molecule has 0 aliphatic rings. The monoisotopic (exact) mass is 306 g/mol. The lowest BCUT2D eigenvalue weighted by molar-refractivity contribution is 0.415. The van der Waals surface area contributed by atoms with Crippen LogP contribution in [0.5, 0.6) is 5.75 Å². The van der Waals surface area contributed by atoms with Gasteiger partial charge in [0.2, 0.25) is 0 Å². The van der Waals surface area contributed by atoms with Crippen LogP contribution in [0.1, 0.15) is 10.4 Å². The maximum atomic E-state index is 5.80. The molecule has 0 radical (unpaired) electrons. The molecule has 1 aromatic heterocycles. The number of anilines is 1. The highest BCUT2D eigenvalue weighted by Crippen LogP contribution is 2.26. The molecule has 2 N–H and O–H groups in total. The number of benzene rings is 1. The lowest BCUT2D eigenvalue weighted by Crippen LogP contribution is -2.24. The minimum atomic E-state index is 0.408. The lowest BCUT2D eigenvalue weighted by Gasteiger charge is -2.22. The Labute approximate surface area is 129 Å². The number of thiocarbonyl (C=S) groups is 1. The van der Waals surface area contributed by atoms with Gasteiger partial charge in [-0.25, -0.2) is 0 Å². The van der Waals surface area contributed by atoms with Gasteiger partial charge in [0.05, 0.1) is 12.8 Å². The van der Waals surface area contributed by atoms with E-state index in [4.69, 9.17) is 22.7 Å². The van der Waals surface area contributed by atoms with Crippen LogP contribution in [0.4, 0.5) is 5.69 Å². The number of hydrogen-bond donors (Lipinski definition) is 1. The molecule has 0 saturated heterocycles. The summed E-state index contributed by atoms with van der Waals surface area (Å²) in [5.41, 5.74) is 7.69. The number of likely N-dealkylation sites (N-methyl/N-ethyl adjacent to an activating group) is 1. The highest BCUT2D eigenvalue weighted by atomic mass is 32.1. The predicted molar refractivity (Wildman–Crippen MR) is 90.2 cm³/mol. The highest BCUT2D eigenvalue weighted by molar-refractivity contribution is 7.80. The molecule has 0 aliphatic carbocycles. The van der Waals surface area contributed by atoms with Crippen molar-refractivity contribution in [2.24, 2.45) is 5.73 Å². The van der Waals surface area contributed by atoms with Gasteiger partial charge >= 0.3 is 0 Å². The zero-order valence-electron chi connectivity index (χ0n) is 11.6. The first-order valence-electron chi connectivity index (χ1n) is 6.33. The maximum absolute atomic E-state index is 5.80. The van der Waals surface area contributed by atoms with Crippen molar-refractivity contribution in [3.8, 4) is 5.75 Å². The van der Waals surface area contributed by atoms with Crippen LogP contribution < -0.4 is 15.4 Å². The first kappa shape index (κ1) is 14.8. The molecule has 2 rings (SSSR count). The average molecular weight is 306 g/mol. The second kappa shape index (κ2) is 6.72. The molecule has 0 fully saturated rings. The molecule has 0 amide bonds. The summed E-state index contributed by atoms with van der Waals surface area (Å²) < 4.78 is 5.28. The number of thiophene rings is 1. The van der Waals surface area contributed by atoms with Crippen molar-refractivity contribution in [3.05, 3.63) is 46.2 Å². The summed E-state index contributed by atoms with van der Waals surface area (Å²) in [4.78, 5) is 3.94. The Morgan fingerprint density at radius 3 is 2.80 bits per heavy atom. The SMILES string of the molecule is COc1ccc(C(N)=S)c(N(C)CCc2cccs2)c1. The Bertz CT molecular complexity index is 582. The van der Waals surface area contributed by atoms with Gasteiger partial charge in [0.15, 0.2) is 0 Å². The molecule has 1 heterocycles. The van der Waals surface area contributed by atoms with Gasteiger partial charge in [-0.2, -0.15) is 0 Å². The first-order chi connectivity index (χ1) is 9.61. The molecule has 0 atom stereocenters. The summed E-state index contributed by atoms with van der Waals surface area (Å²) in [6, 6.07) is 10.00. The Kier molecular flexibility index (Phi) is 4.98. The fourth-order valence-corrected chi connectivity index (χ4v) is 2.89. The van der Waals surface area contributed by atoms with Gasteiger partial charge in [0.1, 0.15) is 10.7 Å². The molecule has 0 unspecified atom stereocenters. The van der Waals surface area contributed by atoms with Gasteiger partial charge in [0.25, 0.3) is 0 Å². The van der Waals surface area contributed by atoms with E-state index in [-0.39, 0.29) is 0 Å². The smallest absolute Gasteiger partial charge is 0.120 e. The van der Waals surface area contributed by atoms with Crippen LogP contribution in [0.3, 0.4) is 0 Å². The lowest BCUT2D eigenvalue weighted by atomic mass is 10.1. The molecule has 0 aliphatic heterocycles. The van der Waals surface area contributed by atoms with Gasteiger partial charge < -0.3 is 15.4 Å². The van der Waals surface area contributed by atoms with Crippen LogP contribution in [0.25, 0.3) is 0 Å². The molecule has 2 aromatic rings. The standard InChI is InChI=1S/C15H18N2OS2/c1-17(8-7-12-4-3-9-20-12)14-10-11(18-2)5-6-13(14)15(16)19/h3-6,9-10H,7-8H2,1-2H3,(H2,16,19). The zero-order chi connectivity index (χ0) is 14.5. The van der Waals surface area contributed by atoms with E-state index in [0.29, 0.717) is 4.99 Å². The number of methoxy groups -OCH3 is 1. The van der Waals surface area contributed by atoms with Crippen molar-refractivity contribution in [2.45, 2.75) is 6.42 Å². The maximum Gasteiger partial charge on any atom is 0.120 e. The summed E-state index contributed by atoms with van der Waals surface area (Å²) in [5, 5.41) is 2.10. The van der Waals surface area contributed by atoms with Gasteiger partial charge in [-0.1, -0.05) is 18.3 Å². The first-order valence-corrected chi connectivity index (χ1v) is 7.62. The van der Waals surface area contributed by atoms with Crippen LogP contribution in [0, 0.1) is 0 Å². The normalized spacial score (nSPS) is 10.3. The Morgan fingerprint density at radius 1 is 1.40 bits per heavy atom. The molecule has 1 aromatic carbocycles. The number of rotatable bonds is 6. The third-order valence-corrected chi connectivity index (χ3v) is 4.31. The average Bonchev–Trinajstić information content (AvgIpc) is 2.97. The van der Waals surface area contributed by atoms with Crippen LogP contribution in [0.2, 0.25) is 0 Å². The van der Waals surface area contributed by atoms with Gasteiger partial charge in [-0.3, -0.25) is 0 Å². The van der Waals surface area contributed by atoms with E-state index < -0.39 is 0 Å². The predicted octanol–water partition coefficient (Wildman–Crippen LogP) is 3.07. The molecule has 0 spiro atoms. The van der Waals surface area contributed by atoms with Gasteiger partial charge in [0, 0.05) is 30.1 Å².